The minimum atomic E-state index is -3.65. The number of esters is 1. The number of carbonyl (C=O) groups is 2. The van der Waals surface area contributed by atoms with Crippen molar-refractivity contribution < 1.29 is 22.7 Å². The molecule has 8 nitrogen and oxygen atoms in total. The second kappa shape index (κ2) is 7.83. The second-order valence-corrected chi connectivity index (χ2v) is 7.92. The van der Waals surface area contributed by atoms with Gasteiger partial charge in [0.2, 0.25) is 10.0 Å². The van der Waals surface area contributed by atoms with Gasteiger partial charge in [0, 0.05) is 22.8 Å². The zero-order valence-corrected chi connectivity index (χ0v) is 16.1. The van der Waals surface area contributed by atoms with Gasteiger partial charge in [-0.05, 0) is 37.7 Å². The number of H-pyrrole nitrogens is 1. The van der Waals surface area contributed by atoms with E-state index in [2.05, 4.69) is 15.0 Å². The molecule has 0 bridgehead atoms. The highest BCUT2D eigenvalue weighted by Crippen LogP contribution is 2.20. The first kappa shape index (κ1) is 19.6. The van der Waals surface area contributed by atoms with Crippen molar-refractivity contribution in [2.75, 3.05) is 19.0 Å². The molecular formula is C19H19N3O5S. The van der Waals surface area contributed by atoms with Crippen molar-refractivity contribution in [1.82, 2.24) is 9.71 Å². The first-order valence-corrected chi connectivity index (χ1v) is 9.87. The van der Waals surface area contributed by atoms with E-state index in [0.29, 0.717) is 16.5 Å². The number of sulfonamides is 1. The number of para-hydroxylation sites is 1. The number of anilines is 1. The van der Waals surface area contributed by atoms with Crippen molar-refractivity contribution in [2.45, 2.75) is 11.8 Å². The molecule has 0 spiro atoms. The maximum absolute atomic E-state index is 12.2. The normalized spacial score (nSPS) is 11.4. The lowest BCUT2D eigenvalue weighted by atomic mass is 10.2. The van der Waals surface area contributed by atoms with Gasteiger partial charge in [-0.15, -0.1) is 0 Å². The highest BCUT2D eigenvalue weighted by molar-refractivity contribution is 7.89. The summed E-state index contributed by atoms with van der Waals surface area (Å²) in [4.78, 5) is 27.4. The molecule has 0 aliphatic heterocycles. The molecule has 1 aromatic heterocycles. The summed E-state index contributed by atoms with van der Waals surface area (Å²) in [5.41, 5.74) is 1.95. The van der Waals surface area contributed by atoms with Crippen LogP contribution in [-0.2, 0) is 19.6 Å². The molecule has 1 heterocycles. The SMILES string of the molecule is CNS(=O)(=O)c1cc(NC(=O)COC(=O)c2c[nH]c3ccccc23)ccc1C. The second-order valence-electron chi connectivity index (χ2n) is 6.06. The van der Waals surface area contributed by atoms with E-state index in [4.69, 9.17) is 4.74 Å². The molecule has 0 saturated heterocycles. The highest BCUT2D eigenvalue weighted by Gasteiger charge is 2.17. The van der Waals surface area contributed by atoms with Crippen LogP contribution in [0, 0.1) is 6.92 Å². The number of rotatable bonds is 6. The van der Waals surface area contributed by atoms with E-state index in [1.54, 1.807) is 31.2 Å². The van der Waals surface area contributed by atoms with Crippen LogP contribution < -0.4 is 10.0 Å². The molecule has 146 valence electrons. The first-order valence-electron chi connectivity index (χ1n) is 8.39. The fraction of sp³-hybridized carbons (Fsp3) is 0.158. The Kier molecular flexibility index (Phi) is 5.48. The van der Waals surface area contributed by atoms with Crippen LogP contribution in [0.1, 0.15) is 15.9 Å². The standard InChI is InChI=1S/C19H19N3O5S/c1-12-7-8-13(9-17(12)28(25,26)20-2)22-18(23)11-27-19(24)15-10-21-16-6-4-3-5-14(15)16/h3-10,20-21H,11H2,1-2H3,(H,22,23). The molecule has 3 N–H and O–H groups in total. The Labute approximate surface area is 162 Å². The smallest absolute Gasteiger partial charge is 0.340 e. The number of aromatic amines is 1. The predicted octanol–water partition coefficient (Wildman–Crippen LogP) is 2.18. The lowest BCUT2D eigenvalue weighted by Crippen LogP contribution is -2.22. The van der Waals surface area contributed by atoms with Crippen LogP contribution in [0.5, 0.6) is 0 Å². The first-order chi connectivity index (χ1) is 13.3. The molecule has 1 amide bonds. The predicted molar refractivity (Wildman–Crippen MR) is 105 cm³/mol. The molecule has 0 unspecified atom stereocenters. The van der Waals surface area contributed by atoms with Gasteiger partial charge < -0.3 is 15.0 Å². The number of fused-ring (bicyclic) bond motifs is 1. The Balaban J connectivity index is 1.66. The third-order valence-electron chi connectivity index (χ3n) is 4.17. The molecule has 0 saturated carbocycles. The minimum Gasteiger partial charge on any atom is -0.452 e. The van der Waals surface area contributed by atoms with Crippen molar-refractivity contribution in [3.63, 3.8) is 0 Å². The summed E-state index contributed by atoms with van der Waals surface area (Å²) >= 11 is 0. The van der Waals surface area contributed by atoms with Gasteiger partial charge in [0.15, 0.2) is 6.61 Å². The van der Waals surface area contributed by atoms with Gasteiger partial charge >= 0.3 is 5.97 Å². The summed E-state index contributed by atoms with van der Waals surface area (Å²) in [6, 6.07) is 11.7. The fourth-order valence-electron chi connectivity index (χ4n) is 2.72. The van der Waals surface area contributed by atoms with Gasteiger partial charge in [-0.25, -0.2) is 17.9 Å². The number of aromatic nitrogens is 1. The average molecular weight is 401 g/mol. The van der Waals surface area contributed by atoms with Gasteiger partial charge in [-0.3, -0.25) is 4.79 Å². The number of benzene rings is 2. The van der Waals surface area contributed by atoms with Gasteiger partial charge in [-0.2, -0.15) is 0 Å². The van der Waals surface area contributed by atoms with Crippen molar-refractivity contribution in [3.8, 4) is 0 Å². The molecule has 0 aliphatic carbocycles. The maximum Gasteiger partial charge on any atom is 0.340 e. The minimum absolute atomic E-state index is 0.0589. The summed E-state index contributed by atoms with van der Waals surface area (Å²) < 4.78 is 31.3. The summed E-state index contributed by atoms with van der Waals surface area (Å²) in [7, 11) is -2.34. The molecule has 0 atom stereocenters. The molecule has 2 aromatic carbocycles. The Morgan fingerprint density at radius 2 is 1.89 bits per heavy atom. The zero-order chi connectivity index (χ0) is 20.3. The summed E-state index contributed by atoms with van der Waals surface area (Å²) in [6.07, 6.45) is 1.53. The zero-order valence-electron chi connectivity index (χ0n) is 15.3. The van der Waals surface area contributed by atoms with E-state index in [9.17, 15) is 18.0 Å². The molecule has 28 heavy (non-hydrogen) atoms. The van der Waals surface area contributed by atoms with Crippen LogP contribution >= 0.6 is 0 Å². The van der Waals surface area contributed by atoms with Crippen LogP contribution in [0.25, 0.3) is 10.9 Å². The van der Waals surface area contributed by atoms with Crippen molar-refractivity contribution >= 4 is 38.5 Å². The number of hydrogen-bond acceptors (Lipinski definition) is 5. The monoisotopic (exact) mass is 401 g/mol. The number of hydrogen-bond donors (Lipinski definition) is 3. The van der Waals surface area contributed by atoms with Gasteiger partial charge in [0.25, 0.3) is 5.91 Å². The number of carbonyl (C=O) groups excluding carboxylic acids is 2. The average Bonchev–Trinajstić information content (AvgIpc) is 3.11. The summed E-state index contributed by atoms with van der Waals surface area (Å²) in [5.74, 6) is -1.21. The van der Waals surface area contributed by atoms with Crippen molar-refractivity contribution in [3.05, 3.63) is 59.8 Å². The topological polar surface area (TPSA) is 117 Å². The largest absolute Gasteiger partial charge is 0.452 e. The molecular weight excluding hydrogens is 382 g/mol. The molecule has 0 radical (unpaired) electrons. The van der Waals surface area contributed by atoms with Gasteiger partial charge in [0.1, 0.15) is 0 Å². The fourth-order valence-corrected chi connectivity index (χ4v) is 3.72. The Morgan fingerprint density at radius 1 is 1.14 bits per heavy atom. The van der Waals surface area contributed by atoms with Crippen molar-refractivity contribution in [1.29, 1.82) is 0 Å². The number of ether oxygens (including phenoxy) is 1. The Morgan fingerprint density at radius 3 is 2.64 bits per heavy atom. The summed E-state index contributed by atoms with van der Waals surface area (Å²) in [5, 5.41) is 3.23. The number of amides is 1. The van der Waals surface area contributed by atoms with Crippen LogP contribution in [0.15, 0.2) is 53.6 Å². The molecule has 3 rings (SSSR count). The Hall–Kier alpha value is -3.17. The highest BCUT2D eigenvalue weighted by atomic mass is 32.2. The van der Waals surface area contributed by atoms with Gasteiger partial charge in [0.05, 0.1) is 10.5 Å². The lowest BCUT2D eigenvalue weighted by Gasteiger charge is -2.10. The third kappa shape index (κ3) is 4.05. The maximum atomic E-state index is 12.2. The molecule has 3 aromatic rings. The number of aryl methyl sites for hydroxylation is 1. The van der Waals surface area contributed by atoms with E-state index in [1.165, 1.54) is 19.3 Å². The molecule has 0 fully saturated rings. The van der Waals surface area contributed by atoms with Gasteiger partial charge in [-0.1, -0.05) is 24.3 Å². The lowest BCUT2D eigenvalue weighted by molar-refractivity contribution is -0.119. The Bertz CT molecular complexity index is 1150. The number of nitrogens with one attached hydrogen (secondary N) is 3. The van der Waals surface area contributed by atoms with E-state index in [0.717, 1.165) is 5.52 Å². The van der Waals surface area contributed by atoms with Crippen LogP contribution in [0.4, 0.5) is 5.69 Å². The molecule has 9 heteroatoms. The van der Waals surface area contributed by atoms with E-state index in [1.807, 2.05) is 12.1 Å². The van der Waals surface area contributed by atoms with Crippen LogP contribution in [-0.4, -0.2) is 38.9 Å². The van der Waals surface area contributed by atoms with Crippen LogP contribution in [0.2, 0.25) is 0 Å². The summed E-state index contributed by atoms with van der Waals surface area (Å²) in [6.45, 7) is 1.15. The van der Waals surface area contributed by atoms with Crippen molar-refractivity contribution in [2.24, 2.45) is 0 Å². The quantitative estimate of drug-likeness (QED) is 0.547. The van der Waals surface area contributed by atoms with E-state index < -0.39 is 28.5 Å². The third-order valence-corrected chi connectivity index (χ3v) is 5.73. The van der Waals surface area contributed by atoms with E-state index >= 15 is 0 Å². The molecule has 0 aliphatic rings. The van der Waals surface area contributed by atoms with Crippen LogP contribution in [0.3, 0.4) is 0 Å². The van der Waals surface area contributed by atoms with E-state index in [-0.39, 0.29) is 10.6 Å².